The standard InChI is InChI=1S/C28H31N5O5S2/c1-20(2)18-33(40(34,35)24-8-6-5-7-9-24)26-25(21-10-12-22(36-3)13-11-21)27(32-19-31-26)37-14-15-38-28-29-16-23(39-4)17-30-28/h5-13,16-17,19-20H,14-15,18H2,1-4H3. The number of hydrogen-bond donors (Lipinski definition) is 0. The van der Waals surface area contributed by atoms with Crippen molar-refractivity contribution in [3.63, 3.8) is 0 Å². The molecule has 10 nitrogen and oxygen atoms in total. The lowest BCUT2D eigenvalue weighted by atomic mass is 10.1. The summed E-state index contributed by atoms with van der Waals surface area (Å²) in [5.74, 6) is 1.09. The van der Waals surface area contributed by atoms with Gasteiger partial charge in [0.05, 0.1) is 17.6 Å². The lowest BCUT2D eigenvalue weighted by Crippen LogP contribution is -2.35. The second kappa shape index (κ2) is 13.4. The Morgan fingerprint density at radius 2 is 1.57 bits per heavy atom. The van der Waals surface area contributed by atoms with Crippen LogP contribution in [0.2, 0.25) is 0 Å². The highest BCUT2D eigenvalue weighted by molar-refractivity contribution is 7.98. The molecule has 210 valence electrons. The Labute approximate surface area is 238 Å². The second-order valence-electron chi connectivity index (χ2n) is 8.95. The fourth-order valence-electron chi connectivity index (χ4n) is 3.77. The molecule has 0 N–H and O–H groups in total. The van der Waals surface area contributed by atoms with Gasteiger partial charge in [0.15, 0.2) is 5.82 Å². The second-order valence-corrected chi connectivity index (χ2v) is 11.7. The van der Waals surface area contributed by atoms with Gasteiger partial charge in [0, 0.05) is 23.8 Å². The number of anilines is 1. The van der Waals surface area contributed by atoms with E-state index >= 15 is 0 Å². The van der Waals surface area contributed by atoms with E-state index in [0.29, 0.717) is 16.9 Å². The first-order chi connectivity index (χ1) is 19.3. The van der Waals surface area contributed by atoms with Crippen molar-refractivity contribution < 1.29 is 22.6 Å². The lowest BCUT2D eigenvalue weighted by molar-refractivity contribution is 0.201. The Morgan fingerprint density at radius 1 is 0.900 bits per heavy atom. The summed E-state index contributed by atoms with van der Waals surface area (Å²) in [6.45, 7) is 4.36. The average molecular weight is 582 g/mol. The topological polar surface area (TPSA) is 117 Å². The fraction of sp³-hybridized carbons (Fsp3) is 0.286. The number of ether oxygens (including phenoxy) is 3. The number of aromatic nitrogens is 4. The van der Waals surface area contributed by atoms with Crippen LogP contribution in [0.15, 0.2) is 83.1 Å². The molecule has 0 aliphatic heterocycles. The van der Waals surface area contributed by atoms with Crippen LogP contribution in [0.5, 0.6) is 17.6 Å². The number of hydrogen-bond acceptors (Lipinski definition) is 10. The summed E-state index contributed by atoms with van der Waals surface area (Å²) in [6, 6.07) is 15.7. The predicted molar refractivity (Wildman–Crippen MR) is 155 cm³/mol. The summed E-state index contributed by atoms with van der Waals surface area (Å²) in [7, 11) is -2.38. The first kappa shape index (κ1) is 29.1. The highest BCUT2D eigenvalue weighted by atomic mass is 32.2. The Morgan fingerprint density at radius 3 is 2.20 bits per heavy atom. The van der Waals surface area contributed by atoms with Crippen molar-refractivity contribution in [2.24, 2.45) is 5.92 Å². The van der Waals surface area contributed by atoms with E-state index in [9.17, 15) is 8.42 Å². The van der Waals surface area contributed by atoms with Gasteiger partial charge in [-0.1, -0.05) is 44.2 Å². The maximum absolute atomic E-state index is 13.9. The van der Waals surface area contributed by atoms with E-state index in [1.165, 1.54) is 22.4 Å². The highest BCUT2D eigenvalue weighted by Gasteiger charge is 2.31. The van der Waals surface area contributed by atoms with Crippen LogP contribution in [0.4, 0.5) is 5.82 Å². The van der Waals surface area contributed by atoms with Crippen LogP contribution in [-0.2, 0) is 10.0 Å². The minimum atomic E-state index is -3.96. The fourth-order valence-corrected chi connectivity index (χ4v) is 5.71. The molecule has 0 amide bonds. The van der Waals surface area contributed by atoms with E-state index in [2.05, 4.69) is 19.9 Å². The molecule has 40 heavy (non-hydrogen) atoms. The molecule has 0 aliphatic carbocycles. The first-order valence-corrected chi connectivity index (χ1v) is 15.2. The molecule has 0 fully saturated rings. The van der Waals surface area contributed by atoms with E-state index in [1.807, 2.05) is 32.2 Å². The Hall–Kier alpha value is -3.90. The van der Waals surface area contributed by atoms with Gasteiger partial charge in [-0.3, -0.25) is 0 Å². The summed E-state index contributed by atoms with van der Waals surface area (Å²) < 4.78 is 46.1. The van der Waals surface area contributed by atoms with Crippen LogP contribution in [0, 0.1) is 5.92 Å². The molecule has 0 atom stereocenters. The van der Waals surface area contributed by atoms with Crippen LogP contribution in [-0.4, -0.2) is 61.5 Å². The minimum absolute atomic E-state index is 0.00688. The van der Waals surface area contributed by atoms with Crippen molar-refractivity contribution >= 4 is 27.6 Å². The van der Waals surface area contributed by atoms with Crippen molar-refractivity contribution in [1.29, 1.82) is 0 Å². The van der Waals surface area contributed by atoms with Crippen LogP contribution >= 0.6 is 11.8 Å². The molecule has 12 heteroatoms. The van der Waals surface area contributed by atoms with E-state index in [4.69, 9.17) is 14.2 Å². The third kappa shape index (κ3) is 6.99. The maximum atomic E-state index is 13.9. The maximum Gasteiger partial charge on any atom is 0.316 e. The van der Waals surface area contributed by atoms with Gasteiger partial charge < -0.3 is 14.2 Å². The third-order valence-corrected chi connectivity index (χ3v) is 8.12. The van der Waals surface area contributed by atoms with Crippen LogP contribution < -0.4 is 18.5 Å². The average Bonchev–Trinajstić information content (AvgIpc) is 2.98. The molecule has 4 aromatic rings. The van der Waals surface area contributed by atoms with Crippen LogP contribution in [0.1, 0.15) is 13.8 Å². The van der Waals surface area contributed by atoms with Crippen molar-refractivity contribution in [2.45, 2.75) is 23.6 Å². The molecule has 0 spiro atoms. The SMILES string of the molecule is COc1ccc(-c2c(OCCOc3ncc(SC)cn3)ncnc2N(CC(C)C)S(=O)(=O)c2ccccc2)cc1. The van der Waals surface area contributed by atoms with Crippen LogP contribution in [0.25, 0.3) is 11.1 Å². The van der Waals surface area contributed by atoms with Crippen molar-refractivity contribution in [2.75, 3.05) is 37.4 Å². The molecule has 0 saturated heterocycles. The zero-order valence-electron chi connectivity index (χ0n) is 22.7. The molecule has 0 bridgehead atoms. The van der Waals surface area contributed by atoms with Crippen molar-refractivity contribution in [3.8, 4) is 28.8 Å². The van der Waals surface area contributed by atoms with Gasteiger partial charge in [-0.05, 0) is 42.0 Å². The molecular weight excluding hydrogens is 550 g/mol. The quantitative estimate of drug-likeness (QED) is 0.158. The van der Waals surface area contributed by atoms with Gasteiger partial charge in [0.1, 0.15) is 25.3 Å². The summed E-state index contributed by atoms with van der Waals surface area (Å²) in [5, 5.41) is 0. The monoisotopic (exact) mass is 581 g/mol. The van der Waals surface area contributed by atoms with Crippen molar-refractivity contribution in [3.05, 3.63) is 73.3 Å². The largest absolute Gasteiger partial charge is 0.497 e. The van der Waals surface area contributed by atoms with E-state index in [-0.39, 0.29) is 48.3 Å². The Balaban J connectivity index is 1.71. The molecule has 0 radical (unpaired) electrons. The van der Waals surface area contributed by atoms with Gasteiger partial charge in [-0.2, -0.15) is 0 Å². The highest BCUT2D eigenvalue weighted by Crippen LogP contribution is 2.39. The number of benzene rings is 2. The first-order valence-electron chi connectivity index (χ1n) is 12.5. The van der Waals surface area contributed by atoms with E-state index in [1.54, 1.807) is 62.0 Å². The number of thioether (sulfide) groups is 1. The van der Waals surface area contributed by atoms with E-state index in [0.717, 1.165) is 4.90 Å². The van der Waals surface area contributed by atoms with Crippen LogP contribution in [0.3, 0.4) is 0 Å². The zero-order chi connectivity index (χ0) is 28.5. The molecule has 0 unspecified atom stereocenters. The molecule has 2 aromatic carbocycles. The molecule has 4 rings (SSSR count). The summed E-state index contributed by atoms with van der Waals surface area (Å²) >= 11 is 1.54. The lowest BCUT2D eigenvalue weighted by Gasteiger charge is -2.27. The molecule has 0 saturated carbocycles. The summed E-state index contributed by atoms with van der Waals surface area (Å²) in [5.41, 5.74) is 1.10. The molecular formula is C28H31N5O5S2. The number of sulfonamides is 1. The minimum Gasteiger partial charge on any atom is -0.497 e. The van der Waals surface area contributed by atoms with Gasteiger partial charge in [0.25, 0.3) is 10.0 Å². The zero-order valence-corrected chi connectivity index (χ0v) is 24.4. The summed E-state index contributed by atoms with van der Waals surface area (Å²) in [6.07, 6.45) is 6.61. The summed E-state index contributed by atoms with van der Waals surface area (Å²) in [4.78, 5) is 18.3. The Kier molecular flexibility index (Phi) is 9.78. The van der Waals surface area contributed by atoms with Gasteiger partial charge in [0.2, 0.25) is 5.88 Å². The smallest absolute Gasteiger partial charge is 0.316 e. The number of rotatable bonds is 13. The van der Waals surface area contributed by atoms with Gasteiger partial charge in [-0.15, -0.1) is 11.8 Å². The number of methoxy groups -OCH3 is 1. The third-order valence-electron chi connectivity index (χ3n) is 5.66. The number of nitrogens with zero attached hydrogens (tertiary/aromatic N) is 5. The molecule has 2 heterocycles. The molecule has 2 aromatic heterocycles. The van der Waals surface area contributed by atoms with Gasteiger partial charge in [-0.25, -0.2) is 32.7 Å². The normalized spacial score (nSPS) is 11.3. The van der Waals surface area contributed by atoms with E-state index < -0.39 is 10.0 Å². The Bertz CT molecular complexity index is 1490. The predicted octanol–water partition coefficient (Wildman–Crippen LogP) is 4.97. The molecule has 0 aliphatic rings. The van der Waals surface area contributed by atoms with Gasteiger partial charge >= 0.3 is 6.01 Å². The van der Waals surface area contributed by atoms with Crippen molar-refractivity contribution in [1.82, 2.24) is 19.9 Å².